The number of ketones is 3. The van der Waals surface area contributed by atoms with Crippen LogP contribution in [0.5, 0.6) is 0 Å². The van der Waals surface area contributed by atoms with Gasteiger partial charge in [-0.15, -0.1) is 0 Å². The second-order valence-corrected chi connectivity index (χ2v) is 54.1. The Hall–Kier alpha value is -3.87. The van der Waals surface area contributed by atoms with Crippen LogP contribution >= 0.6 is 58.4 Å². The van der Waals surface area contributed by atoms with Gasteiger partial charge in [-0.3, -0.25) is 51.4 Å². The minimum absolute atomic E-state index is 0.00512. The van der Waals surface area contributed by atoms with Crippen LogP contribution in [0.15, 0.2) is 34.5 Å². The van der Waals surface area contributed by atoms with E-state index in [0.717, 1.165) is 41.8 Å². The van der Waals surface area contributed by atoms with E-state index in [1.165, 1.54) is 13.3 Å². The number of ether oxygens (including phenoxy) is 2. The van der Waals surface area contributed by atoms with E-state index in [2.05, 4.69) is 115 Å². The highest BCUT2D eigenvalue weighted by Crippen LogP contribution is 2.62. The molecule has 0 aliphatic heterocycles. The fourth-order valence-electron chi connectivity index (χ4n) is 7.62. The Labute approximate surface area is 737 Å². The summed E-state index contributed by atoms with van der Waals surface area (Å²) in [5, 5.41) is 16.3. The third-order valence-electron chi connectivity index (χ3n) is 15.1. The number of primary amides is 1. The molecule has 5 unspecified atom stereocenters. The number of Topliss-reactive ketones (excluding diaryl/α,β-unsaturated/α-hetero) is 3. The number of hydrogen-bond donors (Lipinski definition) is 5. The number of carbonyl (C=O) groups excluding carboxylic acids is 8. The van der Waals surface area contributed by atoms with Crippen LogP contribution in [0.25, 0.3) is 0 Å². The summed E-state index contributed by atoms with van der Waals surface area (Å²) in [4.78, 5) is 103. The molecule has 0 saturated carbocycles. The van der Waals surface area contributed by atoms with E-state index in [9.17, 15) is 55.9 Å². The van der Waals surface area contributed by atoms with E-state index in [1.807, 2.05) is 132 Å². The first-order valence-electron chi connectivity index (χ1n) is 40.5. The van der Waals surface area contributed by atoms with Gasteiger partial charge in [-0.1, -0.05) is 240 Å². The summed E-state index contributed by atoms with van der Waals surface area (Å²) in [6.45, 7) is 80.0. The molecule has 0 aromatic heterocycles. The van der Waals surface area contributed by atoms with Gasteiger partial charge in [-0.2, -0.15) is 13.5 Å². The third-order valence-corrected chi connectivity index (χ3v) is 26.3. The maximum Gasteiger partial charge on any atom is 0.336 e. The van der Waals surface area contributed by atoms with Gasteiger partial charge in [-0.25, -0.2) is 14.5 Å². The van der Waals surface area contributed by atoms with Crippen molar-refractivity contribution < 1.29 is 87.8 Å². The zero-order valence-corrected chi connectivity index (χ0v) is 87.4. The van der Waals surface area contributed by atoms with Gasteiger partial charge >= 0.3 is 27.2 Å². The molecule has 1 aromatic carbocycles. The number of benzene rings is 1. The molecule has 0 bridgehead atoms. The molecule has 6 N–H and O–H groups in total. The van der Waals surface area contributed by atoms with Gasteiger partial charge < -0.3 is 40.5 Å². The second kappa shape index (κ2) is 52.9. The van der Waals surface area contributed by atoms with Crippen LogP contribution in [0.1, 0.15) is 321 Å². The van der Waals surface area contributed by atoms with E-state index in [1.54, 1.807) is 129 Å². The van der Waals surface area contributed by atoms with E-state index in [0.29, 0.717) is 41.2 Å². The highest BCUT2D eigenvalue weighted by Gasteiger charge is 2.37. The lowest BCUT2D eigenvalue weighted by molar-refractivity contribution is -0.154. The number of rotatable bonds is 33. The van der Waals surface area contributed by atoms with Gasteiger partial charge in [-0.05, 0) is 146 Å². The lowest BCUT2D eigenvalue weighted by Gasteiger charge is -2.27. The molecule has 1 aromatic rings. The van der Waals surface area contributed by atoms with Crippen LogP contribution in [0.3, 0.4) is 0 Å². The van der Waals surface area contributed by atoms with Gasteiger partial charge in [0.25, 0.3) is 10.1 Å². The standard InChI is InChI=1S/C29H46N4O6.C13H26O4S3.C12H24OS2.C11H22N2O.C11H26O6P2.C10H21NO/c1-18(2)23(33-25(36)28(3,4)5)22(34)16-20(10-9-15-31-27(30)38)24(35)32-21-13-11-19(12-14-21)17-39-26(37)29(6,7)8;1-12(2,3)11(14)10(17-20(7,15)16)8-9-18-19-13(4,5)6;1-11(2,3)10(13)8-7-9-14-15-12(4,5)6;1-8(10(2,3)4)12-13-9(14)11(5,6)7;1-10(2,3)14-9-15-18(7,12)17-19(8,13)16-11(4,5)6;1-8(9(2,3)4)11-12-10(5,6)7/h11-14,18,20,23H,9-10,15-17H2,1-8H3,(H,32,35)(H,33,36)(H3,30,31,38);10H,8-9H2,1-7H3;7-9H2,1-6H3;1-7H3,(H,13,14);9H2,1-8H3;1-7H3/b;;;12-8+;;11-8+. The number of amides is 5. The highest BCUT2D eigenvalue weighted by atomic mass is 33.1. The van der Waals surface area contributed by atoms with Crippen molar-refractivity contribution in [3.8, 4) is 0 Å². The average Bonchev–Trinajstić information content (AvgIpc) is 0.842. The molecule has 0 heterocycles. The maximum absolute atomic E-state index is 13.3. The number of urea groups is 1. The SMILES string of the molecule is C/C(=N\NC(=O)C(C)(C)C)C(C)(C)C.C/C(=N\OC(C)(C)C)C(C)(C)C.CC(C)(C)OCOP(C)(=O)OP(C)(=O)OC(C)(C)C.CC(C)(C)SSCCC(OS(C)(=O)=O)C(=O)C(C)(C)C.CC(C)(C)SSCCCC(=O)C(C)(C)C.CC(C)C(NC(=O)C(C)(C)C)C(=O)CC(CCCNC(N)=O)C(=O)Nc1ccc(COC(=O)C(C)(C)C)cc1. The highest BCUT2D eigenvalue weighted by molar-refractivity contribution is 8.77. The third kappa shape index (κ3) is 72.0. The van der Waals surface area contributed by atoms with Crippen LogP contribution in [0, 0.1) is 49.7 Å². The van der Waals surface area contributed by atoms with Gasteiger partial charge in [0.15, 0.2) is 18.4 Å². The maximum atomic E-state index is 13.3. The fraction of sp³-hybridized carbons (Fsp3) is 0.814. The quantitative estimate of drug-likeness (QED) is 0.00638. The zero-order valence-electron chi connectivity index (χ0n) is 81.6. The summed E-state index contributed by atoms with van der Waals surface area (Å²) in [7, 11) is -3.47. The molecule has 0 fully saturated rings. The summed E-state index contributed by atoms with van der Waals surface area (Å²) < 4.78 is 77.9. The molecule has 1 rings (SSSR count). The molecule has 26 nitrogen and oxygen atoms in total. The topological polar surface area (TPSA) is 368 Å². The second-order valence-electron chi connectivity index (χ2n) is 41.9. The van der Waals surface area contributed by atoms with E-state index < -0.39 is 76.9 Å². The number of carbonyl (C=O) groups is 8. The summed E-state index contributed by atoms with van der Waals surface area (Å²) in [5.41, 5.74) is 7.36. The largest absolute Gasteiger partial charge is 0.460 e. The van der Waals surface area contributed by atoms with Crippen molar-refractivity contribution in [2.75, 3.05) is 49.7 Å². The first-order chi connectivity index (χ1) is 52.6. The number of oxime groups is 1. The van der Waals surface area contributed by atoms with E-state index >= 15 is 0 Å². The number of nitrogens with zero attached hydrogens (tertiary/aromatic N) is 2. The smallest absolute Gasteiger partial charge is 0.336 e. The number of hydrazone groups is 1. The molecule has 698 valence electrons. The Morgan fingerprint density at radius 2 is 1.03 bits per heavy atom. The zero-order chi connectivity index (χ0) is 95.4. The Morgan fingerprint density at radius 1 is 0.563 bits per heavy atom. The monoisotopic (exact) mass is 1820 g/mol. The Kier molecular flexibility index (Phi) is 55.0. The average molecular weight is 1820 g/mol. The summed E-state index contributed by atoms with van der Waals surface area (Å²) >= 11 is 0. The van der Waals surface area contributed by atoms with Crippen molar-refractivity contribution >= 4 is 133 Å². The Bertz CT molecular complexity index is 3550. The molecule has 0 aliphatic rings. The molecule has 0 saturated heterocycles. The van der Waals surface area contributed by atoms with Crippen molar-refractivity contribution in [3.63, 3.8) is 0 Å². The molecule has 5 atom stereocenters. The minimum Gasteiger partial charge on any atom is -0.460 e. The van der Waals surface area contributed by atoms with Gasteiger partial charge in [0.05, 0.1) is 34.6 Å². The number of hydrogen-bond acceptors (Lipinski definition) is 25. The van der Waals surface area contributed by atoms with Gasteiger partial charge in [0, 0.05) is 104 Å². The van der Waals surface area contributed by atoms with Gasteiger partial charge in [0.2, 0.25) is 17.7 Å². The fourth-order valence-corrected chi connectivity index (χ4v) is 16.7. The summed E-state index contributed by atoms with van der Waals surface area (Å²) in [5.74, 6) is -0.0921. The number of esters is 1. The number of nitrogens with one attached hydrogen (secondary N) is 4. The van der Waals surface area contributed by atoms with Gasteiger partial charge in [0.1, 0.15) is 24.1 Å². The molecule has 119 heavy (non-hydrogen) atoms. The van der Waals surface area contributed by atoms with E-state index in [4.69, 9.17) is 37.6 Å². The lowest BCUT2D eigenvalue weighted by Crippen LogP contribution is -2.49. The van der Waals surface area contributed by atoms with Crippen molar-refractivity contribution in [1.82, 2.24) is 16.1 Å². The van der Waals surface area contributed by atoms with Crippen molar-refractivity contribution in [3.05, 3.63) is 29.8 Å². The lowest BCUT2D eigenvalue weighted by atomic mass is 9.87. The molecular weight excluding hydrogens is 1660 g/mol. The normalized spacial score (nSPS) is 14.8. The molecule has 0 spiro atoms. The molecule has 0 radical (unpaired) electrons. The molecule has 5 amide bonds. The van der Waals surface area contributed by atoms with Crippen LogP contribution in [-0.2, 0) is 91.3 Å². The molecular formula is C86H165N7O19P2S5. The first-order valence-corrected chi connectivity index (χ1v) is 50.9. The predicted molar refractivity (Wildman–Crippen MR) is 502 cm³/mol. The molecule has 0 aliphatic carbocycles. The van der Waals surface area contributed by atoms with Crippen LogP contribution in [-0.4, -0.2) is 150 Å². The minimum atomic E-state index is -3.63. The summed E-state index contributed by atoms with van der Waals surface area (Å²) in [6, 6.07) is 5.51. The first kappa shape index (κ1) is 124. The number of nitrogens with two attached hydrogens (primary N) is 1. The Morgan fingerprint density at radius 3 is 1.41 bits per heavy atom. The van der Waals surface area contributed by atoms with Crippen molar-refractivity contribution in [1.29, 1.82) is 0 Å². The predicted octanol–water partition coefficient (Wildman–Crippen LogP) is 22.1. The van der Waals surface area contributed by atoms with Crippen molar-refractivity contribution in [2.45, 2.75) is 361 Å². The van der Waals surface area contributed by atoms with Crippen LogP contribution in [0.4, 0.5) is 10.5 Å². The molecule has 33 heteroatoms. The Balaban J connectivity index is -0.000000464. The van der Waals surface area contributed by atoms with Crippen molar-refractivity contribution in [2.24, 2.45) is 65.7 Å². The van der Waals surface area contributed by atoms with Crippen LogP contribution < -0.4 is 27.1 Å². The number of anilines is 1. The summed E-state index contributed by atoms with van der Waals surface area (Å²) in [6.07, 6.45) is 2.91. The van der Waals surface area contributed by atoms with E-state index in [-0.39, 0.29) is 99.5 Å². The van der Waals surface area contributed by atoms with Crippen LogP contribution in [0.2, 0.25) is 0 Å².